The lowest BCUT2D eigenvalue weighted by Gasteiger charge is -2.35. The van der Waals surface area contributed by atoms with Gasteiger partial charge in [0, 0.05) is 24.4 Å². The molecule has 6 heteroatoms. The average molecular weight is 333 g/mol. The van der Waals surface area contributed by atoms with Crippen molar-refractivity contribution >= 4 is 28.9 Å². The highest BCUT2D eigenvalue weighted by Gasteiger charge is 2.38. The molecule has 1 aromatic rings. The summed E-state index contributed by atoms with van der Waals surface area (Å²) >= 11 is 5.24. The summed E-state index contributed by atoms with van der Waals surface area (Å²) in [6.45, 7) is 7.16. The van der Waals surface area contributed by atoms with E-state index in [2.05, 4.69) is 10.3 Å². The fourth-order valence-corrected chi connectivity index (χ4v) is 3.22. The number of hydrogen-bond acceptors (Lipinski definition) is 3. The Balaban J connectivity index is 2.48. The summed E-state index contributed by atoms with van der Waals surface area (Å²) in [6, 6.07) is 7.42. The van der Waals surface area contributed by atoms with E-state index in [4.69, 9.17) is 17.0 Å². The zero-order chi connectivity index (χ0) is 17.0. The highest BCUT2D eigenvalue weighted by atomic mass is 32.1. The summed E-state index contributed by atoms with van der Waals surface area (Å²) in [5.74, 6) is 0.403. The van der Waals surface area contributed by atoms with Crippen LogP contribution in [0.4, 0.5) is 0 Å². The Morgan fingerprint density at radius 2 is 2.00 bits per heavy atom. The number of hydrogen-bond donors (Lipinski definition) is 1. The van der Waals surface area contributed by atoms with Gasteiger partial charge < -0.3 is 15.0 Å². The maximum Gasteiger partial charge on any atom is 0.233 e. The highest BCUT2D eigenvalue weighted by Crippen LogP contribution is 2.34. The number of aliphatic imine (C=N–C) groups is 1. The molecule has 0 saturated heterocycles. The summed E-state index contributed by atoms with van der Waals surface area (Å²) in [4.78, 5) is 19.1. The van der Waals surface area contributed by atoms with Crippen LogP contribution in [0.2, 0.25) is 0 Å². The number of benzene rings is 1. The molecule has 23 heavy (non-hydrogen) atoms. The Kier molecular flexibility index (Phi) is 5.71. The van der Waals surface area contributed by atoms with Crippen LogP contribution in [-0.4, -0.2) is 41.8 Å². The SMILES string of the molecule is CCN(CC)C(=O)C1C(C)=NC(=S)NC1c1ccccc1OC. The van der Waals surface area contributed by atoms with E-state index in [-0.39, 0.29) is 11.9 Å². The van der Waals surface area contributed by atoms with Crippen LogP contribution < -0.4 is 10.1 Å². The lowest BCUT2D eigenvalue weighted by atomic mass is 9.86. The largest absolute Gasteiger partial charge is 0.496 e. The molecule has 0 saturated carbocycles. The molecule has 0 radical (unpaired) electrons. The summed E-state index contributed by atoms with van der Waals surface area (Å²) in [5.41, 5.74) is 1.65. The minimum Gasteiger partial charge on any atom is -0.496 e. The Labute approximate surface area is 142 Å². The van der Waals surface area contributed by atoms with Crippen LogP contribution in [0.3, 0.4) is 0 Å². The van der Waals surface area contributed by atoms with Crippen molar-refractivity contribution in [1.29, 1.82) is 0 Å². The number of methoxy groups -OCH3 is 1. The highest BCUT2D eigenvalue weighted by molar-refractivity contribution is 7.80. The maximum atomic E-state index is 13.0. The van der Waals surface area contributed by atoms with E-state index in [1.54, 1.807) is 7.11 Å². The molecule has 0 fully saturated rings. The third-order valence-electron chi connectivity index (χ3n) is 4.16. The van der Waals surface area contributed by atoms with E-state index in [1.165, 1.54) is 0 Å². The van der Waals surface area contributed by atoms with Crippen LogP contribution in [0, 0.1) is 5.92 Å². The Morgan fingerprint density at radius 3 is 2.61 bits per heavy atom. The number of para-hydroxylation sites is 1. The molecule has 1 heterocycles. The minimum atomic E-state index is -0.391. The zero-order valence-electron chi connectivity index (χ0n) is 14.0. The maximum absolute atomic E-state index is 13.0. The van der Waals surface area contributed by atoms with E-state index in [1.807, 2.05) is 49.9 Å². The molecule has 0 aliphatic carbocycles. The zero-order valence-corrected chi connectivity index (χ0v) is 14.8. The van der Waals surface area contributed by atoms with Crippen LogP contribution in [0.5, 0.6) is 5.75 Å². The number of thiocarbonyl (C=S) groups is 1. The quantitative estimate of drug-likeness (QED) is 0.842. The van der Waals surface area contributed by atoms with E-state index in [9.17, 15) is 4.79 Å². The molecule has 0 spiro atoms. The van der Waals surface area contributed by atoms with Crippen molar-refractivity contribution in [3.05, 3.63) is 29.8 Å². The normalized spacial score (nSPS) is 20.5. The Morgan fingerprint density at radius 1 is 1.35 bits per heavy atom. The van der Waals surface area contributed by atoms with Gasteiger partial charge in [0.05, 0.1) is 13.2 Å². The van der Waals surface area contributed by atoms with Crippen LogP contribution in [0.1, 0.15) is 32.4 Å². The Bertz CT molecular complexity index is 626. The van der Waals surface area contributed by atoms with E-state index < -0.39 is 5.92 Å². The molecule has 1 aliphatic heterocycles. The van der Waals surface area contributed by atoms with Crippen molar-refractivity contribution in [3.8, 4) is 5.75 Å². The van der Waals surface area contributed by atoms with Gasteiger partial charge >= 0.3 is 0 Å². The smallest absolute Gasteiger partial charge is 0.233 e. The third-order valence-corrected chi connectivity index (χ3v) is 4.36. The third kappa shape index (κ3) is 3.52. The summed E-state index contributed by atoms with van der Waals surface area (Å²) in [5, 5.41) is 3.59. The number of carbonyl (C=O) groups is 1. The van der Waals surface area contributed by atoms with Gasteiger partial charge in [-0.1, -0.05) is 18.2 Å². The first kappa shape index (κ1) is 17.4. The van der Waals surface area contributed by atoms with Gasteiger partial charge in [0.15, 0.2) is 5.11 Å². The summed E-state index contributed by atoms with van der Waals surface area (Å²) < 4.78 is 5.46. The molecule has 1 aliphatic rings. The fourth-order valence-electron chi connectivity index (χ4n) is 2.95. The molecule has 1 amide bonds. The predicted octanol–water partition coefficient (Wildman–Crippen LogP) is 2.57. The number of nitrogens with one attached hydrogen (secondary N) is 1. The first-order valence-corrected chi connectivity index (χ1v) is 8.21. The average Bonchev–Trinajstić information content (AvgIpc) is 2.55. The number of carbonyl (C=O) groups excluding carboxylic acids is 1. The minimum absolute atomic E-state index is 0.0576. The first-order valence-electron chi connectivity index (χ1n) is 7.80. The van der Waals surface area contributed by atoms with Crippen molar-refractivity contribution < 1.29 is 9.53 Å². The van der Waals surface area contributed by atoms with Crippen LogP contribution in [0.25, 0.3) is 0 Å². The molecule has 1 aromatic carbocycles. The van der Waals surface area contributed by atoms with E-state index in [0.717, 1.165) is 17.0 Å². The monoisotopic (exact) mass is 333 g/mol. The molecular formula is C17H23N3O2S. The van der Waals surface area contributed by atoms with Gasteiger partial charge in [-0.05, 0) is 39.1 Å². The van der Waals surface area contributed by atoms with Crippen LogP contribution in [-0.2, 0) is 4.79 Å². The van der Waals surface area contributed by atoms with Crippen molar-refractivity contribution in [3.63, 3.8) is 0 Å². The van der Waals surface area contributed by atoms with Gasteiger partial charge in [-0.25, -0.2) is 4.99 Å². The number of ether oxygens (including phenoxy) is 1. The molecule has 0 bridgehead atoms. The summed E-state index contributed by atoms with van der Waals surface area (Å²) in [6.07, 6.45) is 0. The molecule has 0 aromatic heterocycles. The topological polar surface area (TPSA) is 53.9 Å². The van der Waals surface area contributed by atoms with Gasteiger partial charge in [0.2, 0.25) is 5.91 Å². The van der Waals surface area contributed by atoms with Crippen LogP contribution >= 0.6 is 12.2 Å². The summed E-state index contributed by atoms with van der Waals surface area (Å²) in [7, 11) is 1.63. The number of rotatable bonds is 5. The van der Waals surface area contributed by atoms with Gasteiger partial charge in [0.1, 0.15) is 11.7 Å². The van der Waals surface area contributed by atoms with Gasteiger partial charge in [-0.2, -0.15) is 0 Å². The van der Waals surface area contributed by atoms with Crippen LogP contribution in [0.15, 0.2) is 29.3 Å². The van der Waals surface area contributed by atoms with Crippen molar-refractivity contribution in [2.45, 2.75) is 26.8 Å². The molecular weight excluding hydrogens is 310 g/mol. The second-order valence-electron chi connectivity index (χ2n) is 5.41. The van der Waals surface area contributed by atoms with E-state index in [0.29, 0.717) is 18.2 Å². The van der Waals surface area contributed by atoms with Crippen molar-refractivity contribution in [2.24, 2.45) is 10.9 Å². The standard InChI is InChI=1S/C17H23N3O2S/c1-5-20(6-2)16(21)14-11(3)18-17(23)19-15(14)12-9-7-8-10-13(12)22-4/h7-10,14-15H,5-6H2,1-4H3,(H,19,23). The number of amides is 1. The molecule has 5 nitrogen and oxygen atoms in total. The molecule has 2 atom stereocenters. The Hall–Kier alpha value is -1.95. The molecule has 1 N–H and O–H groups in total. The first-order chi connectivity index (χ1) is 11.0. The van der Waals surface area contributed by atoms with Gasteiger partial charge in [0.25, 0.3) is 0 Å². The second kappa shape index (κ2) is 7.55. The molecule has 2 rings (SSSR count). The number of nitrogens with zero attached hydrogens (tertiary/aromatic N) is 2. The van der Waals surface area contributed by atoms with E-state index >= 15 is 0 Å². The fraction of sp³-hybridized carbons (Fsp3) is 0.471. The molecule has 124 valence electrons. The van der Waals surface area contributed by atoms with Gasteiger partial charge in [-0.3, -0.25) is 4.79 Å². The lowest BCUT2D eigenvalue weighted by Crippen LogP contribution is -2.48. The molecule has 2 unspecified atom stereocenters. The van der Waals surface area contributed by atoms with Crippen molar-refractivity contribution in [1.82, 2.24) is 10.2 Å². The van der Waals surface area contributed by atoms with Crippen molar-refractivity contribution in [2.75, 3.05) is 20.2 Å². The second-order valence-corrected chi connectivity index (χ2v) is 5.80. The van der Waals surface area contributed by atoms with Gasteiger partial charge in [-0.15, -0.1) is 0 Å². The lowest BCUT2D eigenvalue weighted by molar-refractivity contribution is -0.133. The predicted molar refractivity (Wildman–Crippen MR) is 96.0 cm³/mol.